The van der Waals surface area contributed by atoms with Crippen molar-refractivity contribution in [3.05, 3.63) is 119 Å². The molecule has 0 aliphatic carbocycles. The molecular formula is C30H24ClN3O4S. The first-order valence-corrected chi connectivity index (χ1v) is 13.8. The molecule has 0 spiro atoms. The van der Waals surface area contributed by atoms with Crippen LogP contribution < -0.4 is 8.92 Å². The summed E-state index contributed by atoms with van der Waals surface area (Å²) in [6.07, 6.45) is 1.66. The highest BCUT2D eigenvalue weighted by atomic mass is 35.5. The van der Waals surface area contributed by atoms with Crippen molar-refractivity contribution in [2.24, 2.45) is 4.99 Å². The van der Waals surface area contributed by atoms with Crippen LogP contribution in [-0.4, -0.2) is 31.5 Å². The average Bonchev–Trinajstić information content (AvgIpc) is 3.37. The number of rotatable bonds is 8. The average molecular weight is 558 g/mol. The predicted molar refractivity (Wildman–Crippen MR) is 153 cm³/mol. The molecule has 7 nitrogen and oxygen atoms in total. The minimum Gasteiger partial charge on any atom is -0.493 e. The van der Waals surface area contributed by atoms with Crippen LogP contribution in [0.15, 0.2) is 113 Å². The van der Waals surface area contributed by atoms with Crippen LogP contribution in [0.4, 0.5) is 5.82 Å². The Balaban J connectivity index is 1.45. The zero-order chi connectivity index (χ0) is 27.4. The molecule has 5 aromatic rings. The summed E-state index contributed by atoms with van der Waals surface area (Å²) in [6.45, 7) is 1.88. The maximum Gasteiger partial charge on any atom is 0.339 e. The second kappa shape index (κ2) is 11.1. The van der Waals surface area contributed by atoms with E-state index in [-0.39, 0.29) is 16.4 Å². The van der Waals surface area contributed by atoms with Crippen LogP contribution in [0, 0.1) is 6.92 Å². The molecule has 5 rings (SSSR count). The zero-order valence-electron chi connectivity index (χ0n) is 21.2. The summed E-state index contributed by atoms with van der Waals surface area (Å²) in [4.78, 5) is 4.75. The SMILES string of the molecule is COc1cc(/C=N/c2cc(-c3ccc(Cl)cc3)nn2-c2ccccc2)ccc1OS(=O)(=O)c1ccc(C)cc1. The first kappa shape index (κ1) is 26.2. The monoisotopic (exact) mass is 557 g/mol. The van der Waals surface area contributed by atoms with E-state index < -0.39 is 10.1 Å². The van der Waals surface area contributed by atoms with Crippen LogP contribution in [0.5, 0.6) is 11.5 Å². The smallest absolute Gasteiger partial charge is 0.339 e. The van der Waals surface area contributed by atoms with Crippen molar-refractivity contribution in [2.45, 2.75) is 11.8 Å². The number of para-hydroxylation sites is 1. The molecule has 196 valence electrons. The maximum absolute atomic E-state index is 12.8. The Morgan fingerprint density at radius 2 is 1.59 bits per heavy atom. The van der Waals surface area contributed by atoms with Crippen LogP contribution >= 0.6 is 11.6 Å². The molecule has 0 aliphatic rings. The topological polar surface area (TPSA) is 82.8 Å². The molecule has 1 heterocycles. The van der Waals surface area contributed by atoms with E-state index in [9.17, 15) is 8.42 Å². The van der Waals surface area contributed by atoms with Crippen LogP contribution in [0.25, 0.3) is 16.9 Å². The van der Waals surface area contributed by atoms with Gasteiger partial charge in [-0.05, 0) is 67.1 Å². The van der Waals surface area contributed by atoms with Gasteiger partial charge in [0.15, 0.2) is 17.3 Å². The lowest BCUT2D eigenvalue weighted by molar-refractivity contribution is 0.390. The summed E-state index contributed by atoms with van der Waals surface area (Å²) in [6, 6.07) is 30.4. The fraction of sp³-hybridized carbons (Fsp3) is 0.0667. The van der Waals surface area contributed by atoms with Gasteiger partial charge in [0.2, 0.25) is 0 Å². The number of hydrogen-bond acceptors (Lipinski definition) is 6. The Morgan fingerprint density at radius 3 is 2.28 bits per heavy atom. The summed E-state index contributed by atoms with van der Waals surface area (Å²) in [7, 11) is -2.58. The molecule has 4 aromatic carbocycles. The van der Waals surface area contributed by atoms with Crippen LogP contribution in [0.3, 0.4) is 0 Å². The minimum atomic E-state index is -4.03. The molecule has 1 aromatic heterocycles. The van der Waals surface area contributed by atoms with Gasteiger partial charge in [-0.25, -0.2) is 9.67 Å². The first-order valence-electron chi connectivity index (χ1n) is 12.0. The number of nitrogens with zero attached hydrogens (tertiary/aromatic N) is 3. The van der Waals surface area contributed by atoms with Gasteiger partial charge in [0, 0.05) is 22.9 Å². The van der Waals surface area contributed by atoms with Crippen molar-refractivity contribution in [2.75, 3.05) is 7.11 Å². The van der Waals surface area contributed by atoms with Gasteiger partial charge in [0.05, 0.1) is 18.5 Å². The molecule has 0 N–H and O–H groups in total. The zero-order valence-corrected chi connectivity index (χ0v) is 22.7. The largest absolute Gasteiger partial charge is 0.493 e. The Bertz CT molecular complexity index is 1730. The summed E-state index contributed by atoms with van der Waals surface area (Å²) in [5.41, 5.74) is 4.13. The normalized spacial score (nSPS) is 11.6. The molecule has 9 heteroatoms. The number of halogens is 1. The Kier molecular flexibility index (Phi) is 7.49. The fourth-order valence-electron chi connectivity index (χ4n) is 3.83. The van der Waals surface area contributed by atoms with Gasteiger partial charge in [-0.3, -0.25) is 0 Å². The van der Waals surface area contributed by atoms with Gasteiger partial charge in [-0.2, -0.15) is 13.5 Å². The lowest BCUT2D eigenvalue weighted by Crippen LogP contribution is -2.10. The highest BCUT2D eigenvalue weighted by Gasteiger charge is 2.19. The van der Waals surface area contributed by atoms with Gasteiger partial charge in [0.1, 0.15) is 4.90 Å². The first-order chi connectivity index (χ1) is 18.8. The lowest BCUT2D eigenvalue weighted by Gasteiger charge is -2.11. The number of hydrogen-bond donors (Lipinski definition) is 0. The van der Waals surface area contributed by atoms with Crippen molar-refractivity contribution in [3.63, 3.8) is 0 Å². The third kappa shape index (κ3) is 6.03. The third-order valence-electron chi connectivity index (χ3n) is 5.87. The van der Waals surface area contributed by atoms with Crippen molar-refractivity contribution < 1.29 is 17.3 Å². The van der Waals surface area contributed by atoms with Crippen molar-refractivity contribution >= 4 is 33.8 Å². The molecule has 0 radical (unpaired) electrons. The number of aromatic nitrogens is 2. The van der Waals surface area contributed by atoms with Gasteiger partial charge < -0.3 is 8.92 Å². The molecule has 0 unspecified atom stereocenters. The van der Waals surface area contributed by atoms with E-state index in [1.807, 2.05) is 67.6 Å². The van der Waals surface area contributed by atoms with Gasteiger partial charge in [-0.1, -0.05) is 59.6 Å². The molecule has 0 fully saturated rings. The number of ether oxygens (including phenoxy) is 1. The van der Waals surface area contributed by atoms with Gasteiger partial charge >= 0.3 is 10.1 Å². The van der Waals surface area contributed by atoms with Gasteiger partial charge in [-0.15, -0.1) is 0 Å². The number of benzene rings is 4. The lowest BCUT2D eigenvalue weighted by atomic mass is 10.1. The van der Waals surface area contributed by atoms with Crippen molar-refractivity contribution in [1.82, 2.24) is 9.78 Å². The molecule has 0 atom stereocenters. The highest BCUT2D eigenvalue weighted by molar-refractivity contribution is 7.87. The van der Waals surface area contributed by atoms with E-state index in [1.54, 1.807) is 41.2 Å². The highest BCUT2D eigenvalue weighted by Crippen LogP contribution is 2.31. The van der Waals surface area contributed by atoms with Gasteiger partial charge in [0.25, 0.3) is 0 Å². The molecule has 39 heavy (non-hydrogen) atoms. The Hall–Kier alpha value is -4.40. The molecule has 0 aliphatic heterocycles. The Labute approximate surface area is 232 Å². The number of aryl methyl sites for hydroxylation is 1. The third-order valence-corrected chi connectivity index (χ3v) is 7.37. The number of methoxy groups -OCH3 is 1. The standard InChI is InChI=1S/C30H24ClN3O4S/c1-21-8-15-26(16-9-21)39(35,36)38-28-17-10-22(18-29(28)37-2)20-32-30-19-27(23-11-13-24(31)14-12-23)33-34(30)25-6-4-3-5-7-25/h3-20H,1-2H3/b32-20+. The number of aliphatic imine (C=N–C) groups is 1. The minimum absolute atomic E-state index is 0.0615. The maximum atomic E-state index is 12.8. The Morgan fingerprint density at radius 1 is 0.872 bits per heavy atom. The van der Waals surface area contributed by atoms with Crippen molar-refractivity contribution in [3.8, 4) is 28.4 Å². The van der Waals surface area contributed by atoms with E-state index in [0.29, 0.717) is 16.4 Å². The molecule has 0 amide bonds. The predicted octanol–water partition coefficient (Wildman–Crippen LogP) is 7.03. The van der Waals surface area contributed by atoms with Crippen LogP contribution in [0.1, 0.15) is 11.1 Å². The van der Waals surface area contributed by atoms with E-state index in [1.165, 1.54) is 19.2 Å². The fourth-order valence-corrected chi connectivity index (χ4v) is 4.90. The molecular weight excluding hydrogens is 534 g/mol. The van der Waals surface area contributed by atoms with Crippen molar-refractivity contribution in [1.29, 1.82) is 0 Å². The van der Waals surface area contributed by atoms with E-state index in [4.69, 9.17) is 25.6 Å². The van der Waals surface area contributed by atoms with Crippen LogP contribution in [0.2, 0.25) is 5.02 Å². The van der Waals surface area contributed by atoms with E-state index in [2.05, 4.69) is 4.99 Å². The summed E-state index contributed by atoms with van der Waals surface area (Å²) in [5, 5.41) is 5.41. The second-order valence-electron chi connectivity index (χ2n) is 8.66. The summed E-state index contributed by atoms with van der Waals surface area (Å²) >= 11 is 6.06. The second-order valence-corrected chi connectivity index (χ2v) is 10.6. The summed E-state index contributed by atoms with van der Waals surface area (Å²) < 4.78 is 38.1. The molecule has 0 saturated carbocycles. The summed E-state index contributed by atoms with van der Waals surface area (Å²) in [5.74, 6) is 0.940. The van der Waals surface area contributed by atoms with E-state index in [0.717, 1.165) is 22.5 Å². The molecule has 0 bridgehead atoms. The van der Waals surface area contributed by atoms with Crippen LogP contribution in [-0.2, 0) is 10.1 Å². The quantitative estimate of drug-likeness (QED) is 0.151. The van der Waals surface area contributed by atoms with E-state index >= 15 is 0 Å². The molecule has 0 saturated heterocycles.